The van der Waals surface area contributed by atoms with Crippen LogP contribution in [0.1, 0.15) is 24.0 Å². The van der Waals surface area contributed by atoms with Gasteiger partial charge in [0.2, 0.25) is 0 Å². The second-order valence-electron chi connectivity index (χ2n) is 2.86. The van der Waals surface area contributed by atoms with Crippen LogP contribution in [-0.2, 0) is 0 Å². The maximum Gasteiger partial charge on any atom is 0.195 e. The number of hydrogen-bond acceptors (Lipinski definition) is 4. The Morgan fingerprint density at radius 2 is 1.62 bits per heavy atom. The molecule has 0 atom stereocenters. The Morgan fingerprint density at radius 1 is 1.00 bits per heavy atom. The van der Waals surface area contributed by atoms with Crippen LogP contribution >= 0.6 is 0 Å². The van der Waals surface area contributed by atoms with Gasteiger partial charge in [0.05, 0.1) is 23.6 Å². The summed E-state index contributed by atoms with van der Waals surface area (Å²) in [6, 6.07) is 0. The van der Waals surface area contributed by atoms with E-state index >= 15 is 0 Å². The summed E-state index contributed by atoms with van der Waals surface area (Å²) in [5, 5.41) is 7.87. The molecule has 0 saturated heterocycles. The van der Waals surface area contributed by atoms with Gasteiger partial charge < -0.3 is 0 Å². The highest BCUT2D eigenvalue weighted by atomic mass is 15.2. The molecule has 0 aliphatic carbocycles. The lowest BCUT2D eigenvalue weighted by molar-refractivity contribution is 0.937. The van der Waals surface area contributed by atoms with Crippen molar-refractivity contribution in [2.45, 2.75) is 27.7 Å². The average molecular weight is 178 g/mol. The lowest BCUT2D eigenvalue weighted by atomic mass is 10.3. The van der Waals surface area contributed by atoms with E-state index in [1.807, 2.05) is 27.7 Å². The molecule has 0 fully saturated rings. The highest BCUT2D eigenvalue weighted by Gasteiger charge is 2.03. The molecule has 0 bridgehead atoms. The Balaban J connectivity index is 3.08. The predicted octanol–water partition coefficient (Wildman–Crippen LogP) is 2.51. The number of hydrogen-bond donors (Lipinski definition) is 0. The van der Waals surface area contributed by atoms with Crippen molar-refractivity contribution in [3.05, 3.63) is 17.1 Å². The first kappa shape index (κ1) is 9.77. The fraction of sp³-hybridized carbons (Fsp3) is 0.556. The van der Waals surface area contributed by atoms with E-state index in [2.05, 4.69) is 20.2 Å². The summed E-state index contributed by atoms with van der Waals surface area (Å²) < 4.78 is 0. The van der Waals surface area contributed by atoms with E-state index in [1.165, 1.54) is 0 Å². The molecule has 0 aliphatic rings. The fourth-order valence-electron chi connectivity index (χ4n) is 0.936. The lowest BCUT2D eigenvalue weighted by Crippen LogP contribution is -1.94. The summed E-state index contributed by atoms with van der Waals surface area (Å²) >= 11 is 0. The lowest BCUT2D eigenvalue weighted by Gasteiger charge is -2.01. The van der Waals surface area contributed by atoms with E-state index in [-0.39, 0.29) is 0 Å². The second kappa shape index (κ2) is 4.07. The minimum Gasteiger partial charge on any atom is -0.253 e. The second-order valence-corrected chi connectivity index (χ2v) is 2.86. The monoisotopic (exact) mass is 178 g/mol. The predicted molar refractivity (Wildman–Crippen MR) is 51.3 cm³/mol. The third kappa shape index (κ3) is 2.31. The van der Waals surface area contributed by atoms with Crippen molar-refractivity contribution in [3.8, 4) is 0 Å². The largest absolute Gasteiger partial charge is 0.253 e. The Labute approximate surface area is 78.1 Å². The average Bonchev–Trinajstić information content (AvgIpc) is 2.09. The summed E-state index contributed by atoms with van der Waals surface area (Å²) in [6.45, 7) is 8.37. The Bertz CT molecular complexity index is 331. The number of aryl methyl sites for hydroxylation is 3. The maximum atomic E-state index is 4.31. The van der Waals surface area contributed by atoms with Gasteiger partial charge in [0.15, 0.2) is 5.82 Å². The molecular formula is C9H14N4. The molecule has 0 aromatic carbocycles. The van der Waals surface area contributed by atoms with Gasteiger partial charge in [0.25, 0.3) is 0 Å². The Morgan fingerprint density at radius 3 is 2.23 bits per heavy atom. The van der Waals surface area contributed by atoms with Crippen molar-refractivity contribution in [2.24, 2.45) is 10.2 Å². The van der Waals surface area contributed by atoms with E-state index in [1.54, 1.807) is 0 Å². The van der Waals surface area contributed by atoms with Crippen LogP contribution in [0.15, 0.2) is 10.2 Å². The molecule has 13 heavy (non-hydrogen) atoms. The van der Waals surface area contributed by atoms with Gasteiger partial charge in [-0.25, -0.2) is 4.98 Å². The zero-order chi connectivity index (χ0) is 9.84. The fourth-order valence-corrected chi connectivity index (χ4v) is 0.936. The molecule has 0 spiro atoms. The van der Waals surface area contributed by atoms with Crippen LogP contribution in [-0.4, -0.2) is 16.5 Å². The van der Waals surface area contributed by atoms with Gasteiger partial charge in [-0.15, -0.1) is 5.11 Å². The zero-order valence-electron chi connectivity index (χ0n) is 8.50. The molecule has 0 N–H and O–H groups in total. The van der Waals surface area contributed by atoms with Crippen LogP contribution in [0.25, 0.3) is 0 Å². The van der Waals surface area contributed by atoms with E-state index in [0.717, 1.165) is 17.1 Å². The number of rotatable bonds is 2. The summed E-state index contributed by atoms with van der Waals surface area (Å²) in [5.41, 5.74) is 2.70. The summed E-state index contributed by atoms with van der Waals surface area (Å²) in [4.78, 5) is 8.60. The van der Waals surface area contributed by atoms with Gasteiger partial charge in [0, 0.05) is 0 Å². The highest BCUT2D eigenvalue weighted by molar-refractivity contribution is 5.33. The Kier molecular flexibility index (Phi) is 3.06. The van der Waals surface area contributed by atoms with E-state index in [4.69, 9.17) is 0 Å². The molecule has 0 aliphatic heterocycles. The normalized spacial score (nSPS) is 11.1. The molecule has 4 heteroatoms. The first-order chi connectivity index (χ1) is 6.15. The maximum absolute atomic E-state index is 4.31. The van der Waals surface area contributed by atoms with E-state index in [0.29, 0.717) is 12.4 Å². The topological polar surface area (TPSA) is 50.5 Å². The molecule has 1 rings (SSSR count). The Hall–Kier alpha value is -1.32. The van der Waals surface area contributed by atoms with Crippen LogP contribution in [0.4, 0.5) is 5.82 Å². The van der Waals surface area contributed by atoms with Crippen LogP contribution < -0.4 is 0 Å². The first-order valence-corrected chi connectivity index (χ1v) is 4.34. The van der Waals surface area contributed by atoms with Crippen molar-refractivity contribution < 1.29 is 0 Å². The molecule has 1 heterocycles. The zero-order valence-corrected chi connectivity index (χ0v) is 8.50. The number of aromatic nitrogens is 2. The van der Waals surface area contributed by atoms with Crippen molar-refractivity contribution in [1.82, 2.24) is 9.97 Å². The van der Waals surface area contributed by atoms with Crippen LogP contribution in [0.3, 0.4) is 0 Å². The third-order valence-corrected chi connectivity index (χ3v) is 1.76. The molecule has 0 amide bonds. The number of azo groups is 1. The van der Waals surface area contributed by atoms with Gasteiger partial charge in [-0.2, -0.15) is 5.11 Å². The van der Waals surface area contributed by atoms with Gasteiger partial charge in [0.1, 0.15) is 0 Å². The van der Waals surface area contributed by atoms with Crippen molar-refractivity contribution >= 4 is 5.82 Å². The molecule has 1 aromatic rings. The third-order valence-electron chi connectivity index (χ3n) is 1.76. The van der Waals surface area contributed by atoms with E-state index in [9.17, 15) is 0 Å². The van der Waals surface area contributed by atoms with E-state index < -0.39 is 0 Å². The SMILES string of the molecule is CCN=Nc1nc(C)c(C)nc1C. The quantitative estimate of drug-likeness (QED) is 0.653. The van der Waals surface area contributed by atoms with Crippen molar-refractivity contribution in [3.63, 3.8) is 0 Å². The molecule has 0 saturated carbocycles. The van der Waals surface area contributed by atoms with Gasteiger partial charge >= 0.3 is 0 Å². The first-order valence-electron chi connectivity index (χ1n) is 4.34. The summed E-state index contributed by atoms with van der Waals surface area (Å²) in [5.74, 6) is 0.630. The van der Waals surface area contributed by atoms with Gasteiger partial charge in [-0.05, 0) is 27.7 Å². The summed E-state index contributed by atoms with van der Waals surface area (Å²) in [6.07, 6.45) is 0. The smallest absolute Gasteiger partial charge is 0.195 e. The molecule has 0 unspecified atom stereocenters. The van der Waals surface area contributed by atoms with Crippen molar-refractivity contribution in [2.75, 3.05) is 6.54 Å². The van der Waals surface area contributed by atoms with Crippen LogP contribution in [0.2, 0.25) is 0 Å². The molecule has 70 valence electrons. The molecule has 4 nitrogen and oxygen atoms in total. The van der Waals surface area contributed by atoms with Crippen LogP contribution in [0, 0.1) is 20.8 Å². The van der Waals surface area contributed by atoms with Gasteiger partial charge in [-0.3, -0.25) is 4.98 Å². The molecule has 1 aromatic heterocycles. The standard InChI is InChI=1S/C9H14N4/c1-5-10-13-9-8(4)11-6(2)7(3)12-9/h5H2,1-4H3. The molecule has 0 radical (unpaired) electrons. The number of nitrogens with zero attached hydrogens (tertiary/aromatic N) is 4. The van der Waals surface area contributed by atoms with Crippen molar-refractivity contribution in [1.29, 1.82) is 0 Å². The minimum atomic E-state index is 0.630. The summed E-state index contributed by atoms with van der Waals surface area (Å²) in [7, 11) is 0. The minimum absolute atomic E-state index is 0.630. The molecular weight excluding hydrogens is 164 g/mol. The highest BCUT2D eigenvalue weighted by Crippen LogP contribution is 2.15. The van der Waals surface area contributed by atoms with Crippen LogP contribution in [0.5, 0.6) is 0 Å². The van der Waals surface area contributed by atoms with Gasteiger partial charge in [-0.1, -0.05) is 0 Å².